The van der Waals surface area contributed by atoms with E-state index in [4.69, 9.17) is 16.3 Å². The lowest BCUT2D eigenvalue weighted by Crippen LogP contribution is -2.39. The van der Waals surface area contributed by atoms with Crippen molar-refractivity contribution >= 4 is 34.8 Å². The van der Waals surface area contributed by atoms with E-state index < -0.39 is 0 Å². The lowest BCUT2D eigenvalue weighted by molar-refractivity contribution is -0.130. The minimum Gasteiger partial charge on any atom is -0.494 e. The van der Waals surface area contributed by atoms with E-state index in [0.29, 0.717) is 29.5 Å². The first-order valence-electron chi connectivity index (χ1n) is 7.88. The summed E-state index contributed by atoms with van der Waals surface area (Å²) in [6.07, 6.45) is 0.702. The molecule has 0 atom stereocenters. The number of amides is 2. The lowest BCUT2D eigenvalue weighted by Gasteiger charge is -2.21. The second-order valence-corrected chi connectivity index (χ2v) is 6.99. The molecule has 0 fully saturated rings. The van der Waals surface area contributed by atoms with Gasteiger partial charge in [0, 0.05) is 25.7 Å². The van der Waals surface area contributed by atoms with E-state index in [9.17, 15) is 9.59 Å². The van der Waals surface area contributed by atoms with Crippen LogP contribution in [0.5, 0.6) is 5.75 Å². The molecule has 2 amide bonds. The normalized spacial score (nSPS) is 10.4. The fraction of sp³-hybridized carbons (Fsp3) is 0.333. The maximum Gasteiger partial charge on any atom is 0.264 e. The Labute approximate surface area is 156 Å². The summed E-state index contributed by atoms with van der Waals surface area (Å²) < 4.78 is 5.60. The highest BCUT2D eigenvalue weighted by Crippen LogP contribution is 2.15. The van der Waals surface area contributed by atoms with Crippen molar-refractivity contribution in [2.24, 2.45) is 0 Å². The van der Waals surface area contributed by atoms with E-state index in [-0.39, 0.29) is 18.4 Å². The Bertz CT molecular complexity index is 689. The predicted octanol–water partition coefficient (Wildman–Crippen LogP) is 3.40. The standard InChI is InChI=1S/C18H21ClN2O3S/c1-20(10-4-11-24-15-8-6-14(19)7-9-15)17(22)13-21(2)18(23)16-5-3-12-25-16/h3,5-9,12H,4,10-11,13H2,1-2H3. The topological polar surface area (TPSA) is 49.9 Å². The molecule has 0 aliphatic heterocycles. The fourth-order valence-electron chi connectivity index (χ4n) is 2.13. The van der Waals surface area contributed by atoms with Crippen LogP contribution in [0.25, 0.3) is 0 Å². The maximum atomic E-state index is 12.2. The maximum absolute atomic E-state index is 12.2. The van der Waals surface area contributed by atoms with E-state index in [1.165, 1.54) is 16.2 Å². The number of likely N-dealkylation sites (N-methyl/N-ethyl adjacent to an activating group) is 2. The fourth-order valence-corrected chi connectivity index (χ4v) is 2.97. The first-order chi connectivity index (χ1) is 12.0. The van der Waals surface area contributed by atoms with Crippen LogP contribution in [0.2, 0.25) is 5.02 Å². The first-order valence-corrected chi connectivity index (χ1v) is 9.14. The number of rotatable bonds is 8. The minimum absolute atomic E-state index is 0.0608. The molecular formula is C18H21ClN2O3S. The number of hydrogen-bond donors (Lipinski definition) is 0. The van der Waals surface area contributed by atoms with Gasteiger partial charge in [-0.15, -0.1) is 11.3 Å². The van der Waals surface area contributed by atoms with E-state index in [0.717, 1.165) is 5.75 Å². The second-order valence-electron chi connectivity index (χ2n) is 5.61. The van der Waals surface area contributed by atoms with E-state index in [2.05, 4.69) is 0 Å². The molecule has 0 N–H and O–H groups in total. The summed E-state index contributed by atoms with van der Waals surface area (Å²) in [5, 5.41) is 2.51. The number of carbonyl (C=O) groups is 2. The Morgan fingerprint density at radius 1 is 1.12 bits per heavy atom. The molecule has 134 valence electrons. The number of hydrogen-bond acceptors (Lipinski definition) is 4. The summed E-state index contributed by atoms with van der Waals surface area (Å²) in [5.74, 6) is 0.515. The Kier molecular flexibility index (Phi) is 7.28. The molecule has 0 bridgehead atoms. The molecule has 5 nitrogen and oxygen atoms in total. The molecule has 0 saturated carbocycles. The molecule has 25 heavy (non-hydrogen) atoms. The molecule has 7 heteroatoms. The number of nitrogens with zero attached hydrogens (tertiary/aromatic N) is 2. The zero-order valence-corrected chi connectivity index (χ0v) is 15.8. The number of benzene rings is 1. The molecule has 1 heterocycles. The molecule has 0 spiro atoms. The highest BCUT2D eigenvalue weighted by molar-refractivity contribution is 7.12. The van der Waals surface area contributed by atoms with Gasteiger partial charge in [-0.25, -0.2) is 0 Å². The predicted molar refractivity (Wildman–Crippen MR) is 100 cm³/mol. The highest BCUT2D eigenvalue weighted by Gasteiger charge is 2.17. The van der Waals surface area contributed by atoms with Crippen LogP contribution in [0.3, 0.4) is 0 Å². The van der Waals surface area contributed by atoms with Gasteiger partial charge in [-0.3, -0.25) is 9.59 Å². The molecule has 1 aromatic heterocycles. The van der Waals surface area contributed by atoms with Gasteiger partial charge in [-0.05, 0) is 42.1 Å². The van der Waals surface area contributed by atoms with Gasteiger partial charge >= 0.3 is 0 Å². The van der Waals surface area contributed by atoms with Gasteiger partial charge in [0.25, 0.3) is 5.91 Å². The van der Waals surface area contributed by atoms with Crippen molar-refractivity contribution in [3.8, 4) is 5.75 Å². The molecular weight excluding hydrogens is 360 g/mol. The Balaban J connectivity index is 1.69. The average molecular weight is 381 g/mol. The van der Waals surface area contributed by atoms with Crippen LogP contribution >= 0.6 is 22.9 Å². The van der Waals surface area contributed by atoms with E-state index in [1.807, 2.05) is 23.6 Å². The van der Waals surface area contributed by atoms with E-state index in [1.54, 1.807) is 37.2 Å². The van der Waals surface area contributed by atoms with Gasteiger partial charge in [-0.1, -0.05) is 17.7 Å². The molecule has 0 radical (unpaired) electrons. The third-order valence-electron chi connectivity index (χ3n) is 3.60. The van der Waals surface area contributed by atoms with Crippen LogP contribution in [0.4, 0.5) is 0 Å². The van der Waals surface area contributed by atoms with Gasteiger partial charge in [0.2, 0.25) is 5.91 Å². The number of halogens is 1. The van der Waals surface area contributed by atoms with Crippen molar-refractivity contribution in [2.45, 2.75) is 6.42 Å². The van der Waals surface area contributed by atoms with Crippen LogP contribution in [0.15, 0.2) is 41.8 Å². The molecule has 0 aliphatic carbocycles. The third-order valence-corrected chi connectivity index (χ3v) is 4.71. The van der Waals surface area contributed by atoms with Crippen molar-refractivity contribution in [3.63, 3.8) is 0 Å². The van der Waals surface area contributed by atoms with Crippen LogP contribution in [0, 0.1) is 0 Å². The van der Waals surface area contributed by atoms with Crippen molar-refractivity contribution in [3.05, 3.63) is 51.7 Å². The Hall–Kier alpha value is -2.05. The number of ether oxygens (including phenoxy) is 1. The number of carbonyl (C=O) groups excluding carboxylic acids is 2. The second kappa shape index (κ2) is 9.44. The van der Waals surface area contributed by atoms with Crippen molar-refractivity contribution < 1.29 is 14.3 Å². The number of thiophene rings is 1. The highest BCUT2D eigenvalue weighted by atomic mass is 35.5. The lowest BCUT2D eigenvalue weighted by atomic mass is 10.3. The summed E-state index contributed by atoms with van der Waals surface area (Å²) in [5.41, 5.74) is 0. The molecule has 0 saturated heterocycles. The van der Waals surface area contributed by atoms with Gasteiger partial charge in [-0.2, -0.15) is 0 Å². The molecule has 0 aliphatic rings. The summed E-state index contributed by atoms with van der Waals surface area (Å²) in [4.78, 5) is 28.0. The third kappa shape index (κ3) is 6.07. The van der Waals surface area contributed by atoms with Crippen molar-refractivity contribution in [1.29, 1.82) is 0 Å². The van der Waals surface area contributed by atoms with Gasteiger partial charge in [0.05, 0.1) is 18.0 Å². The minimum atomic E-state index is -0.136. The van der Waals surface area contributed by atoms with Gasteiger partial charge < -0.3 is 14.5 Å². The van der Waals surface area contributed by atoms with Crippen LogP contribution in [0.1, 0.15) is 16.1 Å². The summed E-state index contributed by atoms with van der Waals surface area (Å²) in [6.45, 7) is 1.13. The Morgan fingerprint density at radius 3 is 2.48 bits per heavy atom. The van der Waals surface area contributed by atoms with Crippen LogP contribution < -0.4 is 4.74 Å². The summed E-state index contributed by atoms with van der Waals surface area (Å²) in [7, 11) is 3.37. The van der Waals surface area contributed by atoms with Gasteiger partial charge in [0.1, 0.15) is 5.75 Å². The Morgan fingerprint density at radius 2 is 1.84 bits per heavy atom. The first kappa shape index (κ1) is 19.3. The molecule has 2 rings (SSSR count). The van der Waals surface area contributed by atoms with Gasteiger partial charge in [0.15, 0.2) is 0 Å². The average Bonchev–Trinajstić information content (AvgIpc) is 3.13. The zero-order chi connectivity index (χ0) is 18.2. The quantitative estimate of drug-likeness (QED) is 0.659. The molecule has 0 unspecified atom stereocenters. The monoisotopic (exact) mass is 380 g/mol. The molecule has 1 aromatic carbocycles. The molecule has 2 aromatic rings. The largest absolute Gasteiger partial charge is 0.494 e. The van der Waals surface area contributed by atoms with Crippen LogP contribution in [-0.2, 0) is 4.79 Å². The summed E-state index contributed by atoms with van der Waals surface area (Å²) >= 11 is 7.19. The zero-order valence-electron chi connectivity index (χ0n) is 14.3. The van der Waals surface area contributed by atoms with Crippen molar-refractivity contribution in [2.75, 3.05) is 33.8 Å². The van der Waals surface area contributed by atoms with Crippen molar-refractivity contribution in [1.82, 2.24) is 9.80 Å². The summed E-state index contributed by atoms with van der Waals surface area (Å²) in [6, 6.07) is 10.7. The van der Waals surface area contributed by atoms with E-state index >= 15 is 0 Å². The smallest absolute Gasteiger partial charge is 0.264 e. The van der Waals surface area contributed by atoms with Crippen LogP contribution in [-0.4, -0.2) is 55.4 Å². The SMILES string of the molecule is CN(CCCOc1ccc(Cl)cc1)C(=O)CN(C)C(=O)c1cccs1.